The van der Waals surface area contributed by atoms with Crippen molar-refractivity contribution in [2.75, 3.05) is 13.1 Å². The molecule has 0 saturated heterocycles. The van der Waals surface area contributed by atoms with E-state index in [-0.39, 0.29) is 0 Å². The van der Waals surface area contributed by atoms with Gasteiger partial charge in [0.05, 0.1) is 5.71 Å². The summed E-state index contributed by atoms with van der Waals surface area (Å²) < 4.78 is 0. The van der Waals surface area contributed by atoms with Gasteiger partial charge in [0.15, 0.2) is 0 Å². The fourth-order valence-electron chi connectivity index (χ4n) is 0.900. The quantitative estimate of drug-likeness (QED) is 0.564. The minimum Gasteiger partial charge on any atom is -0.292 e. The molecule has 2 nitrogen and oxygen atoms in total. The van der Waals surface area contributed by atoms with Gasteiger partial charge >= 0.3 is 0 Å². The fraction of sp³-hybridized carbons (Fsp3) is 0.800. The second kappa shape index (κ2) is 7.01. The molecular formula is C10H20N2. The molecule has 0 fully saturated rings. The molecule has 1 unspecified atom stereocenters. The molecular weight excluding hydrogens is 148 g/mol. The van der Waals surface area contributed by atoms with Crippen molar-refractivity contribution < 1.29 is 0 Å². The van der Waals surface area contributed by atoms with Crippen molar-refractivity contribution in [1.29, 1.82) is 0 Å². The molecule has 0 aromatic rings. The van der Waals surface area contributed by atoms with Gasteiger partial charge in [-0.05, 0) is 26.2 Å². The third-order valence-corrected chi connectivity index (χ3v) is 1.86. The zero-order valence-electron chi connectivity index (χ0n) is 8.67. The summed E-state index contributed by atoms with van der Waals surface area (Å²) in [5.41, 5.74) is 1.14. The van der Waals surface area contributed by atoms with Crippen LogP contribution in [0.3, 0.4) is 0 Å². The van der Waals surface area contributed by atoms with Gasteiger partial charge in [-0.15, -0.1) is 0 Å². The normalized spacial score (nSPS) is 15.5. The third kappa shape index (κ3) is 4.27. The Kier molecular flexibility index (Phi) is 6.63. The number of hydrogen-bond donors (Lipinski definition) is 0. The maximum absolute atomic E-state index is 4.40. The van der Waals surface area contributed by atoms with Gasteiger partial charge < -0.3 is 0 Å². The predicted molar refractivity (Wildman–Crippen MR) is 56.5 cm³/mol. The standard InChI is InChI=1S/C10H20N2/c1-5-9(4)10(12-7-3)8-11-6-2/h8-9H,5-7H2,1-4H3. The Morgan fingerprint density at radius 2 is 1.92 bits per heavy atom. The molecule has 0 aliphatic heterocycles. The van der Waals surface area contributed by atoms with Gasteiger partial charge in [0.25, 0.3) is 0 Å². The van der Waals surface area contributed by atoms with Crippen LogP contribution in [-0.2, 0) is 0 Å². The Labute approximate surface area is 75.8 Å². The van der Waals surface area contributed by atoms with Crippen molar-refractivity contribution >= 4 is 11.9 Å². The van der Waals surface area contributed by atoms with Crippen LogP contribution in [0.4, 0.5) is 0 Å². The average molecular weight is 168 g/mol. The Bertz CT molecular complexity index is 159. The summed E-state index contributed by atoms with van der Waals surface area (Å²) in [5, 5.41) is 0. The van der Waals surface area contributed by atoms with Crippen molar-refractivity contribution in [1.82, 2.24) is 0 Å². The number of rotatable bonds is 5. The average Bonchev–Trinajstić information content (AvgIpc) is 2.11. The molecule has 0 aliphatic carbocycles. The SMILES string of the molecule is CCN=CC(=NCC)C(C)CC. The van der Waals surface area contributed by atoms with Crippen LogP contribution in [0.15, 0.2) is 9.98 Å². The van der Waals surface area contributed by atoms with Gasteiger partial charge in [-0.3, -0.25) is 9.98 Å². The van der Waals surface area contributed by atoms with Gasteiger partial charge in [-0.1, -0.05) is 13.8 Å². The Hall–Kier alpha value is -0.660. The van der Waals surface area contributed by atoms with Crippen molar-refractivity contribution in [3.05, 3.63) is 0 Å². The van der Waals surface area contributed by atoms with E-state index in [9.17, 15) is 0 Å². The predicted octanol–water partition coefficient (Wildman–Crippen LogP) is 2.58. The molecule has 0 N–H and O–H groups in total. The minimum absolute atomic E-state index is 0.542. The molecule has 0 bridgehead atoms. The van der Waals surface area contributed by atoms with Crippen molar-refractivity contribution in [3.8, 4) is 0 Å². The van der Waals surface area contributed by atoms with Crippen molar-refractivity contribution in [2.45, 2.75) is 34.1 Å². The molecule has 0 spiro atoms. The molecule has 0 rings (SSSR count). The smallest absolute Gasteiger partial charge is 0.0554 e. The summed E-state index contributed by atoms with van der Waals surface area (Å²) in [6.07, 6.45) is 3.05. The summed E-state index contributed by atoms with van der Waals surface area (Å²) >= 11 is 0. The van der Waals surface area contributed by atoms with E-state index in [1.54, 1.807) is 0 Å². The van der Waals surface area contributed by atoms with Gasteiger partial charge in [0.1, 0.15) is 0 Å². The highest BCUT2D eigenvalue weighted by Gasteiger charge is 2.03. The van der Waals surface area contributed by atoms with E-state index < -0.39 is 0 Å². The molecule has 0 radical (unpaired) electrons. The number of aliphatic imine (C=N–C) groups is 2. The molecule has 0 aromatic heterocycles. The van der Waals surface area contributed by atoms with Crippen LogP contribution >= 0.6 is 0 Å². The van der Waals surface area contributed by atoms with Gasteiger partial charge in [0.2, 0.25) is 0 Å². The molecule has 0 heterocycles. The molecule has 0 aromatic carbocycles. The van der Waals surface area contributed by atoms with Crippen LogP contribution in [-0.4, -0.2) is 25.0 Å². The molecule has 0 aliphatic rings. The second-order valence-corrected chi connectivity index (χ2v) is 2.84. The number of nitrogens with zero attached hydrogens (tertiary/aromatic N) is 2. The summed E-state index contributed by atoms with van der Waals surface area (Å²) in [6.45, 7) is 10.2. The largest absolute Gasteiger partial charge is 0.292 e. The highest BCUT2D eigenvalue weighted by molar-refractivity contribution is 6.31. The van der Waals surface area contributed by atoms with E-state index in [1.165, 1.54) is 0 Å². The first-order valence-electron chi connectivity index (χ1n) is 4.80. The van der Waals surface area contributed by atoms with Crippen molar-refractivity contribution in [2.24, 2.45) is 15.9 Å². The van der Waals surface area contributed by atoms with Crippen LogP contribution < -0.4 is 0 Å². The van der Waals surface area contributed by atoms with Crippen molar-refractivity contribution in [3.63, 3.8) is 0 Å². The molecule has 2 heteroatoms. The summed E-state index contributed by atoms with van der Waals surface area (Å²) in [7, 11) is 0. The molecule has 0 saturated carbocycles. The van der Waals surface area contributed by atoms with E-state index in [4.69, 9.17) is 0 Å². The molecule has 0 amide bonds. The third-order valence-electron chi connectivity index (χ3n) is 1.86. The zero-order valence-corrected chi connectivity index (χ0v) is 8.67. The highest BCUT2D eigenvalue weighted by Crippen LogP contribution is 2.02. The van der Waals surface area contributed by atoms with Crippen LogP contribution in [0, 0.1) is 5.92 Å². The highest BCUT2D eigenvalue weighted by atomic mass is 14.8. The number of hydrogen-bond acceptors (Lipinski definition) is 2. The van der Waals surface area contributed by atoms with E-state index >= 15 is 0 Å². The first kappa shape index (κ1) is 11.3. The zero-order chi connectivity index (χ0) is 9.40. The summed E-state index contributed by atoms with van der Waals surface area (Å²) in [6, 6.07) is 0. The van der Waals surface area contributed by atoms with Crippen LogP contribution in [0.5, 0.6) is 0 Å². The minimum atomic E-state index is 0.542. The lowest BCUT2D eigenvalue weighted by molar-refractivity contribution is 0.742. The van der Waals surface area contributed by atoms with Crippen LogP contribution in [0.2, 0.25) is 0 Å². The Morgan fingerprint density at radius 1 is 1.25 bits per heavy atom. The van der Waals surface area contributed by atoms with Gasteiger partial charge in [0, 0.05) is 19.3 Å². The Morgan fingerprint density at radius 3 is 2.33 bits per heavy atom. The first-order chi connectivity index (χ1) is 5.76. The topological polar surface area (TPSA) is 24.7 Å². The lowest BCUT2D eigenvalue weighted by Gasteiger charge is -2.07. The second-order valence-electron chi connectivity index (χ2n) is 2.84. The van der Waals surface area contributed by atoms with Crippen LogP contribution in [0.1, 0.15) is 34.1 Å². The van der Waals surface area contributed by atoms with Crippen LogP contribution in [0.25, 0.3) is 0 Å². The van der Waals surface area contributed by atoms with E-state index in [0.29, 0.717) is 5.92 Å². The molecule has 70 valence electrons. The van der Waals surface area contributed by atoms with E-state index in [1.807, 2.05) is 13.1 Å². The lowest BCUT2D eigenvalue weighted by atomic mass is 10.0. The summed E-state index contributed by atoms with van der Waals surface area (Å²) in [4.78, 5) is 8.60. The monoisotopic (exact) mass is 168 g/mol. The Balaban J connectivity index is 4.23. The van der Waals surface area contributed by atoms with E-state index in [2.05, 4.69) is 30.8 Å². The fourth-order valence-corrected chi connectivity index (χ4v) is 0.900. The molecule has 12 heavy (non-hydrogen) atoms. The van der Waals surface area contributed by atoms with E-state index in [0.717, 1.165) is 25.2 Å². The maximum Gasteiger partial charge on any atom is 0.0554 e. The van der Waals surface area contributed by atoms with Gasteiger partial charge in [-0.2, -0.15) is 0 Å². The first-order valence-corrected chi connectivity index (χ1v) is 4.80. The summed E-state index contributed by atoms with van der Waals surface area (Å²) in [5.74, 6) is 0.542. The molecule has 1 atom stereocenters. The maximum atomic E-state index is 4.40. The lowest BCUT2D eigenvalue weighted by Crippen LogP contribution is -2.12. The van der Waals surface area contributed by atoms with Gasteiger partial charge in [-0.25, -0.2) is 0 Å².